The standard InChI is InChI=1S/C30H54O12S6/c1-19(2)13-43(31,32)25-26(44(33,34)14-20(3)4)28(46(37,38)16-22(7)8)30(48(41,42)18-24(11)12)29(47(39,40)17-23(9)10)27(25)45(35,36)15-21(5)6/h19-24H,13-18H2,1-12H3. The summed E-state index contributed by atoms with van der Waals surface area (Å²) in [4.78, 5) is -8.97. The van der Waals surface area contributed by atoms with Gasteiger partial charge < -0.3 is 0 Å². The second-order valence-electron chi connectivity index (χ2n) is 15.0. The van der Waals surface area contributed by atoms with Crippen molar-refractivity contribution < 1.29 is 50.5 Å². The smallest absolute Gasteiger partial charge is 0.181 e. The highest BCUT2D eigenvalue weighted by atomic mass is 32.2. The Hall–Kier alpha value is -1.08. The lowest BCUT2D eigenvalue weighted by molar-refractivity contribution is 0.527. The van der Waals surface area contributed by atoms with Gasteiger partial charge in [0, 0.05) is 0 Å². The molecule has 0 bridgehead atoms. The lowest BCUT2D eigenvalue weighted by Crippen LogP contribution is -2.32. The molecule has 48 heavy (non-hydrogen) atoms. The molecular formula is C30H54O12S6. The van der Waals surface area contributed by atoms with Crippen molar-refractivity contribution in [1.29, 1.82) is 0 Å². The summed E-state index contributed by atoms with van der Waals surface area (Å²) in [5, 5.41) is 0. The third-order valence-corrected chi connectivity index (χ3v) is 20.0. The molecule has 0 fully saturated rings. The first-order chi connectivity index (χ1) is 21.2. The molecule has 0 spiro atoms. The Balaban J connectivity index is 5.60. The van der Waals surface area contributed by atoms with Crippen molar-refractivity contribution in [3.8, 4) is 0 Å². The molecule has 1 aromatic carbocycles. The fourth-order valence-electron chi connectivity index (χ4n) is 5.45. The minimum atomic E-state index is -5.15. The maximum Gasteiger partial charge on any atom is 0.181 e. The second kappa shape index (κ2) is 15.7. The van der Waals surface area contributed by atoms with E-state index in [0.29, 0.717) is 0 Å². The normalized spacial score (nSPS) is 14.4. The molecule has 0 unspecified atom stereocenters. The van der Waals surface area contributed by atoms with Crippen LogP contribution in [0.15, 0.2) is 29.4 Å². The minimum absolute atomic E-state index is 0.771. The van der Waals surface area contributed by atoms with Crippen molar-refractivity contribution >= 4 is 59.0 Å². The maximum absolute atomic E-state index is 14.4. The molecule has 0 amide bonds. The Morgan fingerprint density at radius 1 is 0.250 bits per heavy atom. The third-order valence-electron chi connectivity index (χ3n) is 6.42. The van der Waals surface area contributed by atoms with Gasteiger partial charge in [-0.3, -0.25) is 0 Å². The molecule has 282 valence electrons. The number of hydrogen-bond donors (Lipinski definition) is 0. The first-order valence-corrected chi connectivity index (χ1v) is 25.7. The molecule has 1 aromatic rings. The average Bonchev–Trinajstić information content (AvgIpc) is 2.77. The van der Waals surface area contributed by atoms with Crippen molar-refractivity contribution in [3.63, 3.8) is 0 Å². The van der Waals surface area contributed by atoms with Crippen LogP contribution >= 0.6 is 0 Å². The molecule has 0 aliphatic rings. The van der Waals surface area contributed by atoms with Crippen LogP contribution in [0.4, 0.5) is 0 Å². The van der Waals surface area contributed by atoms with Crippen LogP contribution in [-0.2, 0) is 59.0 Å². The number of sulfone groups is 6. The molecular weight excluding hydrogens is 745 g/mol. The van der Waals surface area contributed by atoms with Gasteiger partial charge in [0.1, 0.15) is 29.4 Å². The number of rotatable bonds is 18. The lowest BCUT2D eigenvalue weighted by Gasteiger charge is -2.27. The van der Waals surface area contributed by atoms with Crippen LogP contribution in [-0.4, -0.2) is 85.0 Å². The number of hydrogen-bond acceptors (Lipinski definition) is 12. The zero-order chi connectivity index (χ0) is 38.2. The summed E-state index contributed by atoms with van der Waals surface area (Å²) in [6.07, 6.45) is 0. The van der Waals surface area contributed by atoms with Crippen LogP contribution in [0.3, 0.4) is 0 Å². The fraction of sp³-hybridized carbons (Fsp3) is 0.800. The van der Waals surface area contributed by atoms with Gasteiger partial charge in [-0.1, -0.05) is 83.1 Å². The topological polar surface area (TPSA) is 205 Å². The minimum Gasteiger partial charge on any atom is -0.224 e. The van der Waals surface area contributed by atoms with Crippen LogP contribution in [0.2, 0.25) is 0 Å². The largest absolute Gasteiger partial charge is 0.224 e. The van der Waals surface area contributed by atoms with E-state index in [1.54, 1.807) is 0 Å². The fourth-order valence-corrected chi connectivity index (χ4v) is 21.3. The quantitative estimate of drug-likeness (QED) is 0.204. The Morgan fingerprint density at radius 2 is 0.333 bits per heavy atom. The van der Waals surface area contributed by atoms with E-state index in [2.05, 4.69) is 0 Å². The molecule has 0 aliphatic carbocycles. The molecule has 0 heterocycles. The molecule has 0 radical (unpaired) electrons. The lowest BCUT2D eigenvalue weighted by atomic mass is 10.3. The van der Waals surface area contributed by atoms with Crippen LogP contribution < -0.4 is 0 Å². The van der Waals surface area contributed by atoms with Crippen molar-refractivity contribution in [3.05, 3.63) is 0 Å². The molecule has 0 atom stereocenters. The Kier molecular flexibility index (Phi) is 14.7. The summed E-state index contributed by atoms with van der Waals surface area (Å²) >= 11 is 0. The average molecular weight is 799 g/mol. The van der Waals surface area contributed by atoms with Gasteiger partial charge in [0.05, 0.1) is 34.5 Å². The van der Waals surface area contributed by atoms with Crippen LogP contribution in [0.25, 0.3) is 0 Å². The van der Waals surface area contributed by atoms with E-state index in [1.807, 2.05) is 0 Å². The zero-order valence-electron chi connectivity index (χ0n) is 30.1. The molecule has 0 saturated heterocycles. The van der Waals surface area contributed by atoms with Gasteiger partial charge in [-0.05, 0) is 35.5 Å². The zero-order valence-corrected chi connectivity index (χ0v) is 35.0. The Bertz CT molecular complexity index is 1600. The van der Waals surface area contributed by atoms with Gasteiger partial charge in [0.2, 0.25) is 0 Å². The summed E-state index contributed by atoms with van der Waals surface area (Å²) in [6, 6.07) is 0. The van der Waals surface area contributed by atoms with Crippen molar-refractivity contribution in [2.24, 2.45) is 35.5 Å². The van der Waals surface area contributed by atoms with Crippen molar-refractivity contribution in [1.82, 2.24) is 0 Å². The van der Waals surface area contributed by atoms with Crippen molar-refractivity contribution in [2.75, 3.05) is 34.5 Å². The summed E-state index contributed by atoms with van der Waals surface area (Å²) < 4.78 is 173. The summed E-state index contributed by atoms with van der Waals surface area (Å²) in [6.45, 7) is 17.3. The molecule has 0 N–H and O–H groups in total. The van der Waals surface area contributed by atoms with Gasteiger partial charge in [0.25, 0.3) is 0 Å². The van der Waals surface area contributed by atoms with Gasteiger partial charge >= 0.3 is 0 Å². The van der Waals surface area contributed by atoms with Crippen molar-refractivity contribution in [2.45, 2.75) is 112 Å². The van der Waals surface area contributed by atoms with Gasteiger partial charge in [0.15, 0.2) is 59.0 Å². The molecule has 18 heteroatoms. The predicted molar refractivity (Wildman–Crippen MR) is 188 cm³/mol. The molecule has 12 nitrogen and oxygen atoms in total. The SMILES string of the molecule is CC(C)CS(=O)(=O)c1c(S(=O)(=O)CC(C)C)c(S(=O)(=O)CC(C)C)c(S(=O)(=O)CC(C)C)c(S(=O)(=O)CC(C)C)c1S(=O)(=O)CC(C)C. The molecule has 0 aromatic heterocycles. The van der Waals surface area contributed by atoms with E-state index in [1.165, 1.54) is 83.1 Å². The van der Waals surface area contributed by atoms with E-state index in [0.717, 1.165) is 0 Å². The summed E-state index contributed by atoms with van der Waals surface area (Å²) in [7, 11) is -30.9. The maximum atomic E-state index is 14.4. The van der Waals surface area contributed by atoms with E-state index < -0.39 is 158 Å². The van der Waals surface area contributed by atoms with E-state index in [-0.39, 0.29) is 0 Å². The Labute approximate surface area is 290 Å². The predicted octanol–water partition coefficient (Wildman–Crippen LogP) is 4.26. The number of benzene rings is 1. The van der Waals surface area contributed by atoms with Crippen LogP contribution in [0.5, 0.6) is 0 Å². The second-order valence-corrected chi connectivity index (χ2v) is 26.9. The molecule has 1 rings (SSSR count). The van der Waals surface area contributed by atoms with E-state index in [4.69, 9.17) is 0 Å². The Morgan fingerprint density at radius 3 is 0.396 bits per heavy atom. The van der Waals surface area contributed by atoms with Gasteiger partial charge in [-0.2, -0.15) is 0 Å². The molecule has 0 aliphatic heterocycles. The van der Waals surface area contributed by atoms with E-state index >= 15 is 0 Å². The van der Waals surface area contributed by atoms with Gasteiger partial charge in [-0.25, -0.2) is 50.5 Å². The first-order valence-electron chi connectivity index (χ1n) is 15.8. The van der Waals surface area contributed by atoms with Gasteiger partial charge in [-0.15, -0.1) is 0 Å². The highest BCUT2D eigenvalue weighted by Crippen LogP contribution is 2.47. The monoisotopic (exact) mass is 798 g/mol. The molecule has 0 saturated carbocycles. The van der Waals surface area contributed by atoms with Crippen LogP contribution in [0, 0.1) is 35.5 Å². The third kappa shape index (κ3) is 11.0. The summed E-state index contributed by atoms with van der Waals surface area (Å²) in [5.41, 5.74) is 0. The summed E-state index contributed by atoms with van der Waals surface area (Å²) in [5.74, 6) is -10.0. The highest BCUT2D eigenvalue weighted by Gasteiger charge is 2.49. The first kappa shape index (κ1) is 44.9. The van der Waals surface area contributed by atoms with E-state index in [9.17, 15) is 50.5 Å². The highest BCUT2D eigenvalue weighted by molar-refractivity contribution is 7.99. The van der Waals surface area contributed by atoms with Crippen LogP contribution in [0.1, 0.15) is 83.1 Å².